The lowest BCUT2D eigenvalue weighted by Gasteiger charge is -2.13. The highest BCUT2D eigenvalue weighted by molar-refractivity contribution is 5.76. The maximum Gasteiger partial charge on any atom is 0.221 e. The predicted octanol–water partition coefficient (Wildman–Crippen LogP) is 0.814. The van der Waals surface area contributed by atoms with Gasteiger partial charge in [-0.3, -0.25) is 4.79 Å². The number of nitrogens with one attached hydrogen (secondary N) is 2. The molecule has 4 nitrogen and oxygen atoms in total. The van der Waals surface area contributed by atoms with Gasteiger partial charge in [0.15, 0.2) is 0 Å². The molecule has 1 aliphatic heterocycles. The Morgan fingerprint density at radius 1 is 1.19 bits per heavy atom. The zero-order valence-corrected chi connectivity index (χ0v) is 9.84. The second-order valence-electron chi connectivity index (χ2n) is 4.81. The third kappa shape index (κ3) is 3.76. The van der Waals surface area contributed by atoms with Crippen molar-refractivity contribution in [1.29, 1.82) is 0 Å². The van der Waals surface area contributed by atoms with E-state index in [-0.39, 0.29) is 5.91 Å². The fourth-order valence-corrected chi connectivity index (χ4v) is 2.46. The number of amides is 1. The van der Waals surface area contributed by atoms with Gasteiger partial charge in [0.25, 0.3) is 0 Å². The van der Waals surface area contributed by atoms with E-state index < -0.39 is 0 Å². The van der Waals surface area contributed by atoms with Crippen LogP contribution in [0.25, 0.3) is 0 Å². The van der Waals surface area contributed by atoms with Gasteiger partial charge in [-0.15, -0.1) is 0 Å². The van der Waals surface area contributed by atoms with Gasteiger partial charge in [-0.25, -0.2) is 0 Å². The van der Waals surface area contributed by atoms with Gasteiger partial charge >= 0.3 is 0 Å². The molecule has 0 spiro atoms. The predicted molar refractivity (Wildman–Crippen MR) is 62.2 cm³/mol. The van der Waals surface area contributed by atoms with Gasteiger partial charge in [-0.2, -0.15) is 0 Å². The molecular weight excluding hydrogens is 204 g/mol. The van der Waals surface area contributed by atoms with Crippen LogP contribution < -0.4 is 10.6 Å². The SMILES string of the molecule is O=C(CCNC1CCOC1)NC1CCCC1. The fraction of sp³-hybridized carbons (Fsp3) is 0.917. The zero-order valence-electron chi connectivity index (χ0n) is 9.84. The van der Waals surface area contributed by atoms with Crippen LogP contribution in [-0.4, -0.2) is 37.7 Å². The molecule has 0 aromatic carbocycles. The molecule has 0 aromatic heterocycles. The van der Waals surface area contributed by atoms with Crippen molar-refractivity contribution in [2.24, 2.45) is 0 Å². The van der Waals surface area contributed by atoms with Gasteiger partial charge in [-0.05, 0) is 19.3 Å². The van der Waals surface area contributed by atoms with Crippen molar-refractivity contribution in [3.05, 3.63) is 0 Å². The van der Waals surface area contributed by atoms with E-state index in [2.05, 4.69) is 10.6 Å². The molecule has 2 rings (SSSR count). The van der Waals surface area contributed by atoms with Crippen LogP contribution in [-0.2, 0) is 9.53 Å². The van der Waals surface area contributed by atoms with Crippen LogP contribution in [0.3, 0.4) is 0 Å². The van der Waals surface area contributed by atoms with E-state index in [1.165, 1.54) is 12.8 Å². The normalized spacial score (nSPS) is 26.1. The van der Waals surface area contributed by atoms with Crippen molar-refractivity contribution >= 4 is 5.91 Å². The summed E-state index contributed by atoms with van der Waals surface area (Å²) in [7, 11) is 0. The summed E-state index contributed by atoms with van der Waals surface area (Å²) in [5, 5.41) is 6.45. The van der Waals surface area contributed by atoms with E-state index in [4.69, 9.17) is 4.74 Å². The summed E-state index contributed by atoms with van der Waals surface area (Å²) in [5.41, 5.74) is 0. The zero-order chi connectivity index (χ0) is 11.2. The van der Waals surface area contributed by atoms with Gasteiger partial charge in [0.2, 0.25) is 5.91 Å². The molecule has 1 unspecified atom stereocenters. The quantitative estimate of drug-likeness (QED) is 0.729. The van der Waals surface area contributed by atoms with Gasteiger partial charge in [0.1, 0.15) is 0 Å². The summed E-state index contributed by atoms with van der Waals surface area (Å²) in [5.74, 6) is 0.193. The van der Waals surface area contributed by atoms with Crippen LogP contribution in [0.1, 0.15) is 38.5 Å². The van der Waals surface area contributed by atoms with Crippen molar-refractivity contribution in [1.82, 2.24) is 10.6 Å². The van der Waals surface area contributed by atoms with E-state index in [0.29, 0.717) is 18.5 Å². The minimum Gasteiger partial charge on any atom is -0.380 e. The summed E-state index contributed by atoms with van der Waals surface area (Å²) in [6, 6.07) is 0.904. The number of carbonyl (C=O) groups excluding carboxylic acids is 1. The van der Waals surface area contributed by atoms with Crippen LogP contribution >= 0.6 is 0 Å². The second-order valence-corrected chi connectivity index (χ2v) is 4.81. The summed E-state index contributed by atoms with van der Waals surface area (Å²) in [6.45, 7) is 2.42. The summed E-state index contributed by atoms with van der Waals surface area (Å²) in [4.78, 5) is 11.6. The standard InChI is InChI=1S/C12H22N2O2/c15-12(14-10-3-1-2-4-10)5-7-13-11-6-8-16-9-11/h10-11,13H,1-9H2,(H,14,15). The van der Waals surface area contributed by atoms with Crippen LogP contribution in [0.15, 0.2) is 0 Å². The number of hydrogen-bond donors (Lipinski definition) is 2. The molecule has 0 aromatic rings. The minimum atomic E-state index is 0.193. The summed E-state index contributed by atoms with van der Waals surface area (Å²) in [6.07, 6.45) is 6.52. The maximum absolute atomic E-state index is 11.6. The Morgan fingerprint density at radius 2 is 2.00 bits per heavy atom. The third-order valence-electron chi connectivity index (χ3n) is 3.44. The molecule has 2 aliphatic rings. The highest BCUT2D eigenvalue weighted by Crippen LogP contribution is 2.17. The second kappa shape index (κ2) is 6.21. The lowest BCUT2D eigenvalue weighted by Crippen LogP contribution is -2.37. The van der Waals surface area contributed by atoms with Crippen LogP contribution in [0.2, 0.25) is 0 Å². The van der Waals surface area contributed by atoms with Gasteiger partial charge in [-0.1, -0.05) is 12.8 Å². The number of ether oxygens (including phenoxy) is 1. The molecule has 1 amide bonds. The number of hydrogen-bond acceptors (Lipinski definition) is 3. The Bertz CT molecular complexity index is 221. The van der Waals surface area contributed by atoms with Gasteiger partial charge in [0.05, 0.1) is 6.61 Å². The van der Waals surface area contributed by atoms with E-state index >= 15 is 0 Å². The molecule has 1 heterocycles. The molecule has 92 valence electrons. The largest absolute Gasteiger partial charge is 0.380 e. The van der Waals surface area contributed by atoms with Crippen molar-refractivity contribution in [2.45, 2.75) is 50.6 Å². The number of carbonyl (C=O) groups is 1. The van der Waals surface area contributed by atoms with Gasteiger partial charge < -0.3 is 15.4 Å². The van der Waals surface area contributed by atoms with E-state index in [0.717, 1.165) is 39.0 Å². The Labute approximate surface area is 97.1 Å². The number of rotatable bonds is 5. The van der Waals surface area contributed by atoms with Crippen LogP contribution in [0.5, 0.6) is 0 Å². The Hall–Kier alpha value is -0.610. The molecule has 16 heavy (non-hydrogen) atoms. The maximum atomic E-state index is 11.6. The molecule has 1 saturated carbocycles. The molecular formula is C12H22N2O2. The molecule has 2 N–H and O–H groups in total. The van der Waals surface area contributed by atoms with Crippen molar-refractivity contribution < 1.29 is 9.53 Å². The van der Waals surface area contributed by atoms with Crippen molar-refractivity contribution in [2.75, 3.05) is 19.8 Å². The monoisotopic (exact) mass is 226 g/mol. The molecule has 0 bridgehead atoms. The van der Waals surface area contributed by atoms with Crippen LogP contribution in [0, 0.1) is 0 Å². The summed E-state index contributed by atoms with van der Waals surface area (Å²) >= 11 is 0. The molecule has 1 aliphatic carbocycles. The Kier molecular flexibility index (Phi) is 4.60. The Morgan fingerprint density at radius 3 is 2.69 bits per heavy atom. The lowest BCUT2D eigenvalue weighted by atomic mass is 10.2. The molecule has 4 heteroatoms. The average Bonchev–Trinajstić information content (AvgIpc) is 2.90. The Balaban J connectivity index is 1.52. The molecule has 1 saturated heterocycles. The van der Waals surface area contributed by atoms with E-state index in [9.17, 15) is 4.79 Å². The topological polar surface area (TPSA) is 50.4 Å². The lowest BCUT2D eigenvalue weighted by molar-refractivity contribution is -0.121. The van der Waals surface area contributed by atoms with E-state index in [1.807, 2.05) is 0 Å². The molecule has 0 radical (unpaired) electrons. The molecule has 2 fully saturated rings. The van der Waals surface area contributed by atoms with Crippen molar-refractivity contribution in [3.63, 3.8) is 0 Å². The third-order valence-corrected chi connectivity index (χ3v) is 3.44. The average molecular weight is 226 g/mol. The van der Waals surface area contributed by atoms with E-state index in [1.54, 1.807) is 0 Å². The van der Waals surface area contributed by atoms with Crippen molar-refractivity contribution in [3.8, 4) is 0 Å². The molecule has 1 atom stereocenters. The van der Waals surface area contributed by atoms with Crippen LogP contribution in [0.4, 0.5) is 0 Å². The smallest absolute Gasteiger partial charge is 0.221 e. The first-order valence-electron chi connectivity index (χ1n) is 6.45. The highest BCUT2D eigenvalue weighted by atomic mass is 16.5. The summed E-state index contributed by atoms with van der Waals surface area (Å²) < 4.78 is 5.26. The van der Waals surface area contributed by atoms with Gasteiger partial charge in [0, 0.05) is 31.7 Å². The first-order valence-corrected chi connectivity index (χ1v) is 6.45. The first kappa shape index (κ1) is 11.9. The minimum absolute atomic E-state index is 0.193. The fourth-order valence-electron chi connectivity index (χ4n) is 2.46. The first-order chi connectivity index (χ1) is 7.84. The highest BCUT2D eigenvalue weighted by Gasteiger charge is 2.18.